The van der Waals surface area contributed by atoms with E-state index in [4.69, 9.17) is 0 Å². The standard InChI is InChI=1S/C14H23NO/c1-3-14(15-10-9-12(2)16)11-13-7-5-4-6-8-13/h4-8,12,14-16H,3,9-11H2,1-2H3. The van der Waals surface area contributed by atoms with Crippen LogP contribution >= 0.6 is 0 Å². The van der Waals surface area contributed by atoms with Gasteiger partial charge in [0.2, 0.25) is 0 Å². The molecule has 0 bridgehead atoms. The molecule has 0 fully saturated rings. The van der Waals surface area contributed by atoms with E-state index in [-0.39, 0.29) is 6.10 Å². The minimum atomic E-state index is -0.207. The summed E-state index contributed by atoms with van der Waals surface area (Å²) in [5.74, 6) is 0. The highest BCUT2D eigenvalue weighted by Crippen LogP contribution is 2.05. The lowest BCUT2D eigenvalue weighted by molar-refractivity contribution is 0.182. The first-order valence-electron chi connectivity index (χ1n) is 6.17. The van der Waals surface area contributed by atoms with Crippen LogP contribution in [0.4, 0.5) is 0 Å². The maximum atomic E-state index is 9.19. The molecule has 2 N–H and O–H groups in total. The van der Waals surface area contributed by atoms with Crippen molar-refractivity contribution in [3.8, 4) is 0 Å². The Morgan fingerprint density at radius 1 is 1.25 bits per heavy atom. The minimum Gasteiger partial charge on any atom is -0.393 e. The zero-order chi connectivity index (χ0) is 11.8. The molecule has 0 heterocycles. The van der Waals surface area contributed by atoms with Crippen molar-refractivity contribution in [2.24, 2.45) is 0 Å². The summed E-state index contributed by atoms with van der Waals surface area (Å²) in [6, 6.07) is 11.1. The van der Waals surface area contributed by atoms with E-state index in [9.17, 15) is 5.11 Å². The van der Waals surface area contributed by atoms with Gasteiger partial charge in [0, 0.05) is 6.04 Å². The molecule has 2 nitrogen and oxygen atoms in total. The predicted molar refractivity (Wildman–Crippen MR) is 68.5 cm³/mol. The Balaban J connectivity index is 2.32. The third kappa shape index (κ3) is 5.29. The number of nitrogens with one attached hydrogen (secondary N) is 1. The van der Waals surface area contributed by atoms with Crippen LogP contribution in [-0.4, -0.2) is 23.8 Å². The van der Waals surface area contributed by atoms with E-state index in [2.05, 4.69) is 36.5 Å². The van der Waals surface area contributed by atoms with Crippen LogP contribution in [0.2, 0.25) is 0 Å². The third-order valence-electron chi connectivity index (χ3n) is 2.81. The maximum absolute atomic E-state index is 9.19. The van der Waals surface area contributed by atoms with Crippen LogP contribution in [0, 0.1) is 0 Å². The topological polar surface area (TPSA) is 32.3 Å². The lowest BCUT2D eigenvalue weighted by atomic mass is 10.0. The maximum Gasteiger partial charge on any atom is 0.0524 e. The quantitative estimate of drug-likeness (QED) is 0.741. The molecule has 0 aliphatic rings. The highest BCUT2D eigenvalue weighted by Gasteiger charge is 2.06. The van der Waals surface area contributed by atoms with Gasteiger partial charge in [-0.15, -0.1) is 0 Å². The average molecular weight is 221 g/mol. The van der Waals surface area contributed by atoms with Crippen LogP contribution in [-0.2, 0) is 6.42 Å². The molecule has 0 radical (unpaired) electrons. The van der Waals surface area contributed by atoms with Crippen molar-refractivity contribution in [2.45, 2.75) is 45.3 Å². The minimum absolute atomic E-state index is 0.207. The molecule has 0 amide bonds. The molecule has 0 aliphatic carbocycles. The van der Waals surface area contributed by atoms with Crippen LogP contribution in [0.1, 0.15) is 32.3 Å². The van der Waals surface area contributed by atoms with Gasteiger partial charge < -0.3 is 10.4 Å². The normalized spacial score (nSPS) is 14.7. The molecule has 0 aromatic heterocycles. The van der Waals surface area contributed by atoms with E-state index in [1.807, 2.05) is 13.0 Å². The molecule has 2 heteroatoms. The Bertz CT molecular complexity index is 271. The summed E-state index contributed by atoms with van der Waals surface area (Å²) < 4.78 is 0. The lowest BCUT2D eigenvalue weighted by Gasteiger charge is -2.17. The molecule has 90 valence electrons. The number of aliphatic hydroxyl groups is 1. The summed E-state index contributed by atoms with van der Waals surface area (Å²) in [4.78, 5) is 0. The van der Waals surface area contributed by atoms with Crippen molar-refractivity contribution in [3.63, 3.8) is 0 Å². The van der Waals surface area contributed by atoms with Crippen molar-refractivity contribution >= 4 is 0 Å². The second kappa shape index (κ2) is 7.42. The van der Waals surface area contributed by atoms with Gasteiger partial charge in [-0.2, -0.15) is 0 Å². The number of aliphatic hydroxyl groups excluding tert-OH is 1. The molecule has 2 atom stereocenters. The van der Waals surface area contributed by atoms with E-state index >= 15 is 0 Å². The highest BCUT2D eigenvalue weighted by atomic mass is 16.3. The summed E-state index contributed by atoms with van der Waals surface area (Å²) >= 11 is 0. The van der Waals surface area contributed by atoms with Gasteiger partial charge >= 0.3 is 0 Å². The molecule has 16 heavy (non-hydrogen) atoms. The first-order chi connectivity index (χ1) is 7.72. The molecular weight excluding hydrogens is 198 g/mol. The van der Waals surface area contributed by atoms with Crippen LogP contribution in [0.5, 0.6) is 0 Å². The van der Waals surface area contributed by atoms with Crippen molar-refractivity contribution in [1.29, 1.82) is 0 Å². The highest BCUT2D eigenvalue weighted by molar-refractivity contribution is 5.15. The van der Waals surface area contributed by atoms with E-state index < -0.39 is 0 Å². The summed E-state index contributed by atoms with van der Waals surface area (Å²) in [5, 5.41) is 12.7. The monoisotopic (exact) mass is 221 g/mol. The largest absolute Gasteiger partial charge is 0.393 e. The summed E-state index contributed by atoms with van der Waals surface area (Å²) in [7, 11) is 0. The van der Waals surface area contributed by atoms with E-state index in [0.29, 0.717) is 6.04 Å². The first-order valence-corrected chi connectivity index (χ1v) is 6.17. The van der Waals surface area contributed by atoms with Crippen LogP contribution in [0.25, 0.3) is 0 Å². The fourth-order valence-electron chi connectivity index (χ4n) is 1.76. The number of hydrogen-bond donors (Lipinski definition) is 2. The second-order valence-corrected chi connectivity index (χ2v) is 4.39. The number of hydrogen-bond acceptors (Lipinski definition) is 2. The van der Waals surface area contributed by atoms with Gasteiger partial charge in [0.25, 0.3) is 0 Å². The van der Waals surface area contributed by atoms with Crippen molar-refractivity contribution in [2.75, 3.05) is 6.54 Å². The number of rotatable bonds is 7. The van der Waals surface area contributed by atoms with Crippen LogP contribution in [0.15, 0.2) is 30.3 Å². The first kappa shape index (κ1) is 13.2. The Morgan fingerprint density at radius 3 is 2.50 bits per heavy atom. The van der Waals surface area contributed by atoms with Gasteiger partial charge in [-0.25, -0.2) is 0 Å². The zero-order valence-corrected chi connectivity index (χ0v) is 10.3. The summed E-state index contributed by atoms with van der Waals surface area (Å²) in [6.45, 7) is 4.92. The van der Waals surface area contributed by atoms with Gasteiger partial charge in [0.1, 0.15) is 0 Å². The predicted octanol–water partition coefficient (Wildman–Crippen LogP) is 2.37. The Morgan fingerprint density at radius 2 is 1.94 bits per heavy atom. The van der Waals surface area contributed by atoms with Gasteiger partial charge in [-0.3, -0.25) is 0 Å². The Hall–Kier alpha value is -0.860. The Kier molecular flexibility index (Phi) is 6.12. The van der Waals surface area contributed by atoms with E-state index in [0.717, 1.165) is 25.8 Å². The third-order valence-corrected chi connectivity index (χ3v) is 2.81. The number of benzene rings is 1. The molecule has 0 saturated carbocycles. The van der Waals surface area contributed by atoms with Gasteiger partial charge in [-0.05, 0) is 38.3 Å². The molecule has 0 saturated heterocycles. The van der Waals surface area contributed by atoms with Gasteiger partial charge in [0.05, 0.1) is 6.10 Å². The fourth-order valence-corrected chi connectivity index (χ4v) is 1.76. The molecule has 0 aliphatic heterocycles. The zero-order valence-electron chi connectivity index (χ0n) is 10.3. The molecule has 0 spiro atoms. The van der Waals surface area contributed by atoms with Crippen LogP contribution < -0.4 is 5.32 Å². The summed E-state index contributed by atoms with van der Waals surface area (Å²) in [6.07, 6.45) is 2.80. The van der Waals surface area contributed by atoms with Gasteiger partial charge in [0.15, 0.2) is 0 Å². The Labute approximate surface area is 98.7 Å². The lowest BCUT2D eigenvalue weighted by Crippen LogP contribution is -2.32. The van der Waals surface area contributed by atoms with Crippen molar-refractivity contribution in [3.05, 3.63) is 35.9 Å². The average Bonchev–Trinajstić information content (AvgIpc) is 2.28. The molecule has 1 rings (SSSR count). The second-order valence-electron chi connectivity index (χ2n) is 4.39. The molecule has 1 aromatic rings. The molecular formula is C14H23NO. The van der Waals surface area contributed by atoms with Crippen molar-refractivity contribution in [1.82, 2.24) is 5.32 Å². The molecule has 2 unspecified atom stereocenters. The SMILES string of the molecule is CCC(Cc1ccccc1)NCCC(C)O. The smallest absolute Gasteiger partial charge is 0.0524 e. The molecule has 1 aromatic carbocycles. The van der Waals surface area contributed by atoms with Crippen LogP contribution in [0.3, 0.4) is 0 Å². The fraction of sp³-hybridized carbons (Fsp3) is 0.571. The van der Waals surface area contributed by atoms with Gasteiger partial charge in [-0.1, -0.05) is 37.3 Å². The van der Waals surface area contributed by atoms with E-state index in [1.165, 1.54) is 5.56 Å². The summed E-state index contributed by atoms with van der Waals surface area (Å²) in [5.41, 5.74) is 1.37. The van der Waals surface area contributed by atoms with Crippen molar-refractivity contribution < 1.29 is 5.11 Å². The van der Waals surface area contributed by atoms with E-state index in [1.54, 1.807) is 0 Å².